The Bertz CT molecular complexity index is 1110. The van der Waals surface area contributed by atoms with Crippen molar-refractivity contribution in [2.75, 3.05) is 0 Å². The van der Waals surface area contributed by atoms with Gasteiger partial charge in [-0.15, -0.1) is 0 Å². The Hall–Kier alpha value is -2.92. The lowest BCUT2D eigenvalue weighted by atomic mass is 10.1. The van der Waals surface area contributed by atoms with Crippen molar-refractivity contribution in [2.45, 2.75) is 6.92 Å². The predicted molar refractivity (Wildman–Crippen MR) is 93.0 cm³/mol. The monoisotopic (exact) mass is 337 g/mol. The van der Waals surface area contributed by atoms with Crippen LogP contribution in [0.15, 0.2) is 57.8 Å². The minimum absolute atomic E-state index is 0.231. The summed E-state index contributed by atoms with van der Waals surface area (Å²) >= 11 is 6.15. The Morgan fingerprint density at radius 2 is 1.92 bits per heavy atom. The number of halogens is 1. The van der Waals surface area contributed by atoms with Gasteiger partial charge in [-0.25, -0.2) is 0 Å². The summed E-state index contributed by atoms with van der Waals surface area (Å²) in [5, 5.41) is 5.35. The van der Waals surface area contributed by atoms with Gasteiger partial charge in [0, 0.05) is 5.52 Å². The molecule has 4 aromatic rings. The molecule has 2 heterocycles. The van der Waals surface area contributed by atoms with Gasteiger partial charge < -0.3 is 9.51 Å². The predicted octanol–water partition coefficient (Wildman–Crippen LogP) is 4.21. The van der Waals surface area contributed by atoms with Gasteiger partial charge in [0.05, 0.1) is 16.1 Å². The summed E-state index contributed by atoms with van der Waals surface area (Å²) in [7, 11) is 0. The number of rotatable bonds is 2. The molecule has 0 amide bonds. The number of hydrogen-bond acceptors (Lipinski definition) is 4. The Morgan fingerprint density at radius 1 is 1.08 bits per heavy atom. The fraction of sp³-hybridized carbons (Fsp3) is 0.0556. The molecule has 0 radical (unpaired) electrons. The van der Waals surface area contributed by atoms with E-state index in [0.29, 0.717) is 16.1 Å². The van der Waals surface area contributed by atoms with Crippen LogP contribution in [0.3, 0.4) is 0 Å². The van der Waals surface area contributed by atoms with E-state index in [1.165, 1.54) is 0 Å². The van der Waals surface area contributed by atoms with Crippen LogP contribution in [0.2, 0.25) is 5.02 Å². The van der Waals surface area contributed by atoms with E-state index in [9.17, 15) is 4.79 Å². The Balaban J connectivity index is 1.85. The summed E-state index contributed by atoms with van der Waals surface area (Å²) in [6, 6.07) is 14.8. The highest BCUT2D eigenvalue weighted by molar-refractivity contribution is 6.33. The second kappa shape index (κ2) is 5.62. The maximum absolute atomic E-state index is 12.3. The summed E-state index contributed by atoms with van der Waals surface area (Å²) in [5.41, 5.74) is 2.59. The fourth-order valence-corrected chi connectivity index (χ4v) is 2.79. The van der Waals surface area contributed by atoms with E-state index in [-0.39, 0.29) is 17.3 Å². The standard InChI is InChI=1S/C18H12ClN3O2/c1-10-6-7-15-11(8-10)9-13(17(23)20-15)16-21-18(24-22-16)12-4-2-3-5-14(12)19/h2-9H,1H3,(H,20,23). The molecule has 1 N–H and O–H groups in total. The molecule has 0 fully saturated rings. The number of pyridine rings is 1. The molecule has 0 aliphatic carbocycles. The third-order valence-corrected chi connectivity index (χ3v) is 4.10. The van der Waals surface area contributed by atoms with E-state index >= 15 is 0 Å². The van der Waals surface area contributed by atoms with E-state index in [0.717, 1.165) is 16.5 Å². The molecule has 118 valence electrons. The zero-order chi connectivity index (χ0) is 16.7. The van der Waals surface area contributed by atoms with E-state index in [4.69, 9.17) is 16.1 Å². The molecule has 24 heavy (non-hydrogen) atoms. The van der Waals surface area contributed by atoms with Crippen LogP contribution in [0.1, 0.15) is 5.56 Å². The molecule has 4 rings (SSSR count). The normalized spacial score (nSPS) is 11.1. The quantitative estimate of drug-likeness (QED) is 0.594. The van der Waals surface area contributed by atoms with Gasteiger partial charge in [-0.1, -0.05) is 40.5 Å². The number of hydrogen-bond donors (Lipinski definition) is 1. The molecular formula is C18H12ClN3O2. The van der Waals surface area contributed by atoms with Crippen molar-refractivity contribution in [1.82, 2.24) is 15.1 Å². The van der Waals surface area contributed by atoms with Crippen LogP contribution in [0.25, 0.3) is 33.7 Å². The number of aromatic amines is 1. The van der Waals surface area contributed by atoms with Gasteiger partial charge in [-0.05, 0) is 42.6 Å². The average Bonchev–Trinajstić information content (AvgIpc) is 3.04. The first-order valence-electron chi connectivity index (χ1n) is 7.34. The van der Waals surface area contributed by atoms with Crippen molar-refractivity contribution in [1.29, 1.82) is 0 Å². The molecule has 2 aromatic heterocycles. The van der Waals surface area contributed by atoms with Gasteiger partial charge in [0.1, 0.15) is 0 Å². The average molecular weight is 338 g/mol. The lowest BCUT2D eigenvalue weighted by molar-refractivity contribution is 0.432. The number of aromatic nitrogens is 3. The number of aryl methyl sites for hydroxylation is 1. The molecule has 0 saturated carbocycles. The third-order valence-electron chi connectivity index (χ3n) is 3.77. The van der Waals surface area contributed by atoms with Crippen LogP contribution in [-0.2, 0) is 0 Å². The number of fused-ring (bicyclic) bond motifs is 1. The first kappa shape index (κ1) is 14.7. The molecule has 2 aromatic carbocycles. The van der Waals surface area contributed by atoms with Crippen molar-refractivity contribution in [2.24, 2.45) is 0 Å². The van der Waals surface area contributed by atoms with Crippen molar-refractivity contribution in [3.8, 4) is 22.8 Å². The zero-order valence-corrected chi connectivity index (χ0v) is 13.5. The molecule has 0 aliphatic rings. The van der Waals surface area contributed by atoms with Gasteiger partial charge >= 0.3 is 0 Å². The van der Waals surface area contributed by atoms with Crippen LogP contribution in [0, 0.1) is 6.92 Å². The Morgan fingerprint density at radius 3 is 2.75 bits per heavy atom. The number of nitrogens with zero attached hydrogens (tertiary/aromatic N) is 2. The van der Waals surface area contributed by atoms with Crippen LogP contribution in [-0.4, -0.2) is 15.1 Å². The summed E-state index contributed by atoms with van der Waals surface area (Å²) in [6.07, 6.45) is 0. The molecule has 0 aliphatic heterocycles. The third kappa shape index (κ3) is 2.49. The number of H-pyrrole nitrogens is 1. The van der Waals surface area contributed by atoms with Crippen LogP contribution < -0.4 is 5.56 Å². The van der Waals surface area contributed by atoms with Crippen LogP contribution in [0.4, 0.5) is 0 Å². The van der Waals surface area contributed by atoms with E-state index in [2.05, 4.69) is 15.1 Å². The van der Waals surface area contributed by atoms with Crippen LogP contribution >= 0.6 is 11.6 Å². The fourth-order valence-electron chi connectivity index (χ4n) is 2.57. The molecular weight excluding hydrogens is 326 g/mol. The maximum Gasteiger partial charge on any atom is 0.259 e. The first-order chi connectivity index (χ1) is 11.6. The van der Waals surface area contributed by atoms with E-state index in [1.807, 2.05) is 37.3 Å². The minimum Gasteiger partial charge on any atom is -0.334 e. The van der Waals surface area contributed by atoms with Gasteiger partial charge in [-0.3, -0.25) is 4.79 Å². The van der Waals surface area contributed by atoms with E-state index < -0.39 is 0 Å². The largest absolute Gasteiger partial charge is 0.334 e. The van der Waals surface area contributed by atoms with Gasteiger partial charge in [0.15, 0.2) is 0 Å². The molecule has 6 heteroatoms. The Labute approximate surface area is 141 Å². The maximum atomic E-state index is 12.3. The van der Waals surface area contributed by atoms with Gasteiger partial charge in [0.25, 0.3) is 11.4 Å². The summed E-state index contributed by atoms with van der Waals surface area (Å²) in [4.78, 5) is 19.5. The second-order valence-electron chi connectivity index (χ2n) is 5.51. The Kier molecular flexibility index (Phi) is 3.43. The molecule has 0 unspecified atom stereocenters. The summed E-state index contributed by atoms with van der Waals surface area (Å²) in [6.45, 7) is 1.99. The lowest BCUT2D eigenvalue weighted by Gasteiger charge is -2.01. The van der Waals surface area contributed by atoms with Crippen LogP contribution in [0.5, 0.6) is 0 Å². The molecule has 0 atom stereocenters. The van der Waals surface area contributed by atoms with Crippen molar-refractivity contribution in [3.05, 3.63) is 69.5 Å². The highest BCUT2D eigenvalue weighted by Crippen LogP contribution is 2.27. The summed E-state index contributed by atoms with van der Waals surface area (Å²) < 4.78 is 5.28. The highest BCUT2D eigenvalue weighted by Gasteiger charge is 2.16. The topological polar surface area (TPSA) is 71.8 Å². The van der Waals surface area contributed by atoms with E-state index in [1.54, 1.807) is 18.2 Å². The number of benzene rings is 2. The zero-order valence-electron chi connectivity index (χ0n) is 12.7. The highest BCUT2D eigenvalue weighted by atomic mass is 35.5. The molecule has 5 nitrogen and oxygen atoms in total. The second-order valence-corrected chi connectivity index (χ2v) is 5.91. The molecule has 0 spiro atoms. The smallest absolute Gasteiger partial charge is 0.259 e. The molecule has 0 saturated heterocycles. The first-order valence-corrected chi connectivity index (χ1v) is 7.72. The van der Waals surface area contributed by atoms with Crippen molar-refractivity contribution >= 4 is 22.5 Å². The number of nitrogens with one attached hydrogen (secondary N) is 1. The van der Waals surface area contributed by atoms with Crippen molar-refractivity contribution < 1.29 is 4.52 Å². The minimum atomic E-state index is -0.266. The SMILES string of the molecule is Cc1ccc2[nH]c(=O)c(-c3noc(-c4ccccc4Cl)n3)cc2c1. The lowest BCUT2D eigenvalue weighted by Crippen LogP contribution is -2.09. The summed E-state index contributed by atoms with van der Waals surface area (Å²) in [5.74, 6) is 0.508. The van der Waals surface area contributed by atoms with Gasteiger partial charge in [-0.2, -0.15) is 4.98 Å². The molecule has 0 bridgehead atoms. The van der Waals surface area contributed by atoms with Gasteiger partial charge in [0.2, 0.25) is 5.82 Å². The van der Waals surface area contributed by atoms with Crippen molar-refractivity contribution in [3.63, 3.8) is 0 Å².